The van der Waals surface area contributed by atoms with Gasteiger partial charge in [-0.2, -0.15) is 0 Å². The zero-order chi connectivity index (χ0) is 31.4. The van der Waals surface area contributed by atoms with E-state index in [1.807, 2.05) is 70.3 Å². The number of rotatable bonds is 4. The second kappa shape index (κ2) is 11.5. The first-order valence-electron chi connectivity index (χ1n) is 13.5. The van der Waals surface area contributed by atoms with Crippen molar-refractivity contribution >= 4 is 77.2 Å². The zero-order valence-corrected chi connectivity index (χ0v) is 30.4. The predicted octanol–water partition coefficient (Wildman–Crippen LogP) is 5.91. The Balaban J connectivity index is 2.06. The van der Waals surface area contributed by atoms with E-state index in [-0.39, 0.29) is 5.04 Å². The second-order valence-corrected chi connectivity index (χ2v) is 18.1. The molecule has 0 bridgehead atoms. The zero-order valence-electron chi connectivity index (χ0n) is 25.1. The molecular weight excluding hydrogens is 784 g/mol. The number of halogens is 2. The van der Waals surface area contributed by atoms with Crippen LogP contribution in [0, 0.1) is 31.5 Å². The van der Waals surface area contributed by atoms with Crippen molar-refractivity contribution < 1.29 is 37.8 Å². The van der Waals surface area contributed by atoms with Crippen LogP contribution >= 0.6 is 45.2 Å². The average molecular weight is 820 g/mol. The third kappa shape index (κ3) is 5.00. The Hall–Kier alpha value is -2.01. The van der Waals surface area contributed by atoms with Gasteiger partial charge in [0.05, 0.1) is 18.7 Å². The van der Waals surface area contributed by atoms with Crippen molar-refractivity contribution in [1.82, 2.24) is 0 Å². The monoisotopic (exact) mass is 819 g/mol. The van der Waals surface area contributed by atoms with Crippen LogP contribution in [0.5, 0.6) is 5.75 Å². The molecule has 1 aliphatic carbocycles. The molecule has 4 rings (SSSR count). The van der Waals surface area contributed by atoms with Crippen LogP contribution in [0.2, 0.25) is 18.1 Å². The summed E-state index contributed by atoms with van der Waals surface area (Å²) in [5.41, 5.74) is -1.17. The Bertz CT molecular complexity index is 1440. The van der Waals surface area contributed by atoms with E-state index < -0.39 is 67.6 Å². The molecule has 2 heterocycles. The highest BCUT2D eigenvalue weighted by molar-refractivity contribution is 14.1. The Kier molecular flexibility index (Phi) is 8.99. The van der Waals surface area contributed by atoms with Gasteiger partial charge in [-0.1, -0.05) is 39.5 Å². The molecule has 3 aliphatic rings. The molecule has 0 N–H and O–H groups in total. The third-order valence-corrected chi connectivity index (χ3v) is 14.0. The molecule has 1 saturated heterocycles. The van der Waals surface area contributed by atoms with E-state index in [4.69, 9.17) is 23.4 Å². The summed E-state index contributed by atoms with van der Waals surface area (Å²) in [7, 11) is -0.943. The Morgan fingerprint density at radius 1 is 1.02 bits per heavy atom. The lowest BCUT2D eigenvalue weighted by atomic mass is 9.58. The summed E-state index contributed by atoms with van der Waals surface area (Å²) >= 11 is 3.86. The highest BCUT2D eigenvalue weighted by Gasteiger charge is 2.88. The Labute approximate surface area is 275 Å². The Morgan fingerprint density at radius 3 is 2.14 bits per heavy atom. The molecule has 7 atom stereocenters. The molecule has 12 heteroatoms. The van der Waals surface area contributed by atoms with Crippen LogP contribution in [0.3, 0.4) is 0 Å². The van der Waals surface area contributed by atoms with Gasteiger partial charge in [-0.05, 0) is 44.2 Å². The maximum absolute atomic E-state index is 13.4. The largest absolute Gasteiger partial charge is 0.543 e. The van der Waals surface area contributed by atoms with E-state index in [9.17, 15) is 14.4 Å². The van der Waals surface area contributed by atoms with Crippen LogP contribution in [-0.4, -0.2) is 57.3 Å². The van der Waals surface area contributed by atoms with Gasteiger partial charge in [0.25, 0.3) is 0 Å². The lowest BCUT2D eigenvalue weighted by Crippen LogP contribution is -2.66. The van der Waals surface area contributed by atoms with Crippen molar-refractivity contribution in [3.05, 3.63) is 23.8 Å². The third-order valence-electron chi connectivity index (χ3n) is 8.98. The normalized spacial score (nSPS) is 30.9. The van der Waals surface area contributed by atoms with Gasteiger partial charge in [0.2, 0.25) is 8.32 Å². The van der Waals surface area contributed by atoms with Gasteiger partial charge in [-0.25, -0.2) is 4.79 Å². The van der Waals surface area contributed by atoms with Crippen LogP contribution < -0.4 is 9.33 Å². The lowest BCUT2D eigenvalue weighted by molar-refractivity contribution is -0.180. The van der Waals surface area contributed by atoms with E-state index in [0.717, 1.165) is 0 Å². The molecule has 0 unspecified atom stereocenters. The maximum atomic E-state index is 13.4. The molecule has 0 spiro atoms. The molecule has 9 nitrogen and oxygen atoms in total. The molecule has 2 fully saturated rings. The second-order valence-electron chi connectivity index (χ2n) is 12.3. The molecule has 0 radical (unpaired) electrons. The number of hydrogen-bond donors (Lipinski definition) is 0. The van der Waals surface area contributed by atoms with Crippen molar-refractivity contribution in [3.8, 4) is 25.4 Å². The van der Waals surface area contributed by atoms with Crippen LogP contribution in [0.4, 0.5) is 10.5 Å². The van der Waals surface area contributed by atoms with Crippen molar-refractivity contribution in [2.45, 2.75) is 89.1 Å². The number of carbonyl (C=O) groups excluding carboxylic acids is 3. The predicted molar refractivity (Wildman–Crippen MR) is 176 cm³/mol. The van der Waals surface area contributed by atoms with Crippen molar-refractivity contribution in [3.63, 3.8) is 0 Å². The van der Waals surface area contributed by atoms with E-state index in [2.05, 4.69) is 53.6 Å². The maximum Gasteiger partial charge on any atom is 0.415 e. The molecule has 1 saturated carbocycles. The number of hydrogen-bond acceptors (Lipinski definition) is 8. The number of carbonyl (C=O) groups is 3. The number of anilines is 1. The molecule has 1 aromatic carbocycles. The lowest BCUT2D eigenvalue weighted by Gasteiger charge is -2.50. The first-order chi connectivity index (χ1) is 19.5. The fourth-order valence-corrected chi connectivity index (χ4v) is 7.84. The van der Waals surface area contributed by atoms with Crippen LogP contribution in [-0.2, 0) is 34.1 Å². The number of amides is 1. The smallest absolute Gasteiger partial charge is 0.415 e. The Morgan fingerprint density at radius 2 is 1.62 bits per heavy atom. The number of nitrogens with zero attached hydrogens (tertiary/aromatic N) is 1. The number of ether oxygens (including phenoxy) is 4. The van der Waals surface area contributed by atoms with Gasteiger partial charge in [-0.15, -0.1) is 0 Å². The van der Waals surface area contributed by atoms with Crippen molar-refractivity contribution in [2.24, 2.45) is 11.8 Å². The van der Waals surface area contributed by atoms with Gasteiger partial charge >= 0.3 is 18.0 Å². The van der Waals surface area contributed by atoms with Crippen molar-refractivity contribution in [1.29, 1.82) is 0 Å². The van der Waals surface area contributed by atoms with E-state index in [0.29, 0.717) is 17.0 Å². The number of epoxide rings is 1. The van der Waals surface area contributed by atoms with Crippen LogP contribution in [0.1, 0.15) is 47.1 Å². The number of benzene rings is 1. The number of esters is 2. The first-order valence-corrected chi connectivity index (χ1v) is 18.6. The summed E-state index contributed by atoms with van der Waals surface area (Å²) in [6.45, 7) is 15.2. The average Bonchev–Trinajstić information content (AvgIpc) is 3.61. The van der Waals surface area contributed by atoms with E-state index >= 15 is 0 Å². The molecule has 2 aliphatic heterocycles. The highest BCUT2D eigenvalue weighted by Crippen LogP contribution is 2.74. The summed E-state index contributed by atoms with van der Waals surface area (Å²) in [6.07, 6.45) is -2.49. The molecule has 1 amide bonds. The van der Waals surface area contributed by atoms with Crippen LogP contribution in [0.25, 0.3) is 0 Å². The molecular formula is C30H35I2NO8Si. The van der Waals surface area contributed by atoms with Gasteiger partial charge < -0.3 is 23.4 Å². The van der Waals surface area contributed by atoms with E-state index in [1.165, 1.54) is 25.9 Å². The number of fused-ring (bicyclic) bond motifs is 1. The minimum absolute atomic E-state index is 0.0632. The van der Waals surface area contributed by atoms with Crippen LogP contribution in [0.15, 0.2) is 18.2 Å². The molecule has 1 aromatic rings. The van der Waals surface area contributed by atoms with Gasteiger partial charge in [0.1, 0.15) is 29.1 Å². The van der Waals surface area contributed by atoms with Crippen molar-refractivity contribution in [2.75, 3.05) is 12.0 Å². The summed E-state index contributed by atoms with van der Waals surface area (Å²) in [5, 5.41) is -0.0632. The molecule has 0 aromatic heterocycles. The highest BCUT2D eigenvalue weighted by atomic mass is 127. The first kappa shape index (κ1) is 32.9. The summed E-state index contributed by atoms with van der Waals surface area (Å²) in [6, 6.07) is 4.72. The topological polar surface area (TPSA) is 104 Å². The number of methoxy groups -OCH3 is 1. The van der Waals surface area contributed by atoms with Gasteiger partial charge in [-0.3, -0.25) is 14.5 Å². The minimum atomic E-state index is -2.25. The standard InChI is InChI=1S/C30H35I2NO8Si/c1-17-25(38-18(2)34)26(39-19(3)35)21(12-14-31)30-22-16-20(40-42(8,9)28(4,5)6)10-11-23(22)33(27(36)37-7)24(13-15-32)29(17,30)41-30/h10-11,16-17,21,24-26H,1-9H3/t17-,21+,24-,25-,26+,29-,30+/m0/s1. The molecule has 226 valence electrons. The molecule has 42 heavy (non-hydrogen) atoms. The van der Waals surface area contributed by atoms with Gasteiger partial charge in [0, 0.05) is 70.5 Å². The summed E-state index contributed by atoms with van der Waals surface area (Å²) in [5.74, 6) is 4.59. The SMILES string of the molecule is COC(=O)N1c2ccc(O[Si](C)(C)C(C)(C)C)cc2[C@@]23O[C@]2([C@@H]1C#CI)[C@@H](C)[C@H](OC(C)=O)[C@H](OC(C)=O)[C@H]3C#CI. The van der Waals surface area contributed by atoms with Gasteiger partial charge in [0.15, 0.2) is 6.10 Å². The summed E-state index contributed by atoms with van der Waals surface area (Å²) in [4.78, 5) is 39.7. The fraction of sp³-hybridized carbons (Fsp3) is 0.567. The quantitative estimate of drug-likeness (QED) is 0.0924. The fourth-order valence-electron chi connectivity index (χ4n) is 6.19. The minimum Gasteiger partial charge on any atom is -0.543 e. The summed E-state index contributed by atoms with van der Waals surface area (Å²) < 4.78 is 36.4. The van der Waals surface area contributed by atoms with E-state index in [1.54, 1.807) is 0 Å².